The first-order valence-electron chi connectivity index (χ1n) is 8.84. The number of piperazine rings is 1. The minimum atomic E-state index is 0. The highest BCUT2D eigenvalue weighted by atomic mass is 127. The number of rotatable bonds is 5. The van der Waals surface area contributed by atoms with Gasteiger partial charge >= 0.3 is 0 Å². The van der Waals surface area contributed by atoms with E-state index in [0.29, 0.717) is 12.6 Å². The lowest BCUT2D eigenvalue weighted by molar-refractivity contribution is -0.135. The standard InChI is InChI=1S/C18H30N4O2.HI/c1-14(2)17(23)21-9-11-22(12-10-21)18(20-15(3)4)19-8-7-16-6-5-13-24-16;/h5-6,13-15H,7-12H2,1-4H3,(H,19,20);1H. The quantitative estimate of drug-likeness (QED) is 0.415. The van der Waals surface area contributed by atoms with E-state index in [9.17, 15) is 4.79 Å². The van der Waals surface area contributed by atoms with E-state index in [1.807, 2.05) is 30.9 Å². The Bertz CT molecular complexity index is 535. The SMILES string of the molecule is CC(C)NC(=NCCc1ccco1)N1CCN(C(=O)C(C)C)CC1.I. The largest absolute Gasteiger partial charge is 0.469 e. The van der Waals surface area contributed by atoms with Gasteiger partial charge in [0.15, 0.2) is 5.96 Å². The van der Waals surface area contributed by atoms with Gasteiger partial charge in [-0.1, -0.05) is 13.8 Å². The van der Waals surface area contributed by atoms with Gasteiger partial charge in [0.05, 0.1) is 6.26 Å². The number of nitrogens with zero attached hydrogens (tertiary/aromatic N) is 3. The van der Waals surface area contributed by atoms with Crippen molar-refractivity contribution < 1.29 is 9.21 Å². The molecule has 1 fully saturated rings. The molecule has 1 amide bonds. The Morgan fingerprint density at radius 3 is 2.36 bits per heavy atom. The molecule has 0 saturated carbocycles. The van der Waals surface area contributed by atoms with E-state index < -0.39 is 0 Å². The van der Waals surface area contributed by atoms with Crippen LogP contribution in [0, 0.1) is 5.92 Å². The molecule has 2 heterocycles. The summed E-state index contributed by atoms with van der Waals surface area (Å²) in [6.45, 7) is 12.0. The molecular weight excluding hydrogens is 431 g/mol. The van der Waals surface area contributed by atoms with Crippen LogP contribution in [0.3, 0.4) is 0 Å². The van der Waals surface area contributed by atoms with Crippen LogP contribution in [0.25, 0.3) is 0 Å². The molecule has 6 nitrogen and oxygen atoms in total. The zero-order valence-corrected chi connectivity index (χ0v) is 18.0. The van der Waals surface area contributed by atoms with Crippen LogP contribution >= 0.6 is 24.0 Å². The molecule has 1 aliphatic heterocycles. The van der Waals surface area contributed by atoms with Crippen molar-refractivity contribution in [2.45, 2.75) is 40.2 Å². The molecule has 1 aromatic rings. The predicted molar refractivity (Wildman–Crippen MR) is 111 cm³/mol. The van der Waals surface area contributed by atoms with Crippen LogP contribution in [0.4, 0.5) is 0 Å². The Balaban J connectivity index is 0.00000312. The number of furan rings is 1. The normalized spacial score (nSPS) is 15.5. The summed E-state index contributed by atoms with van der Waals surface area (Å²) in [4.78, 5) is 21.0. The Labute approximate surface area is 168 Å². The molecule has 1 N–H and O–H groups in total. The van der Waals surface area contributed by atoms with Gasteiger partial charge in [0, 0.05) is 51.1 Å². The van der Waals surface area contributed by atoms with Crippen LogP contribution < -0.4 is 5.32 Å². The van der Waals surface area contributed by atoms with Crippen LogP contribution in [-0.2, 0) is 11.2 Å². The third-order valence-corrected chi connectivity index (χ3v) is 4.00. The molecule has 1 saturated heterocycles. The molecule has 0 spiro atoms. The molecule has 0 bridgehead atoms. The second-order valence-corrected chi connectivity index (χ2v) is 6.80. The Kier molecular flexibility index (Phi) is 9.31. The Morgan fingerprint density at radius 1 is 1.20 bits per heavy atom. The van der Waals surface area contributed by atoms with Crippen LogP contribution in [0.5, 0.6) is 0 Å². The third-order valence-electron chi connectivity index (χ3n) is 4.00. The first kappa shape index (κ1) is 21.8. The molecule has 0 atom stereocenters. The van der Waals surface area contributed by atoms with Gasteiger partial charge in [0.1, 0.15) is 5.76 Å². The van der Waals surface area contributed by atoms with Gasteiger partial charge in [0.2, 0.25) is 5.91 Å². The highest BCUT2D eigenvalue weighted by molar-refractivity contribution is 14.0. The Hall–Kier alpha value is -1.25. The van der Waals surface area contributed by atoms with Gasteiger partial charge in [-0.2, -0.15) is 0 Å². The monoisotopic (exact) mass is 462 g/mol. The van der Waals surface area contributed by atoms with Gasteiger partial charge in [-0.25, -0.2) is 0 Å². The third kappa shape index (κ3) is 6.87. The van der Waals surface area contributed by atoms with Crippen molar-refractivity contribution in [3.63, 3.8) is 0 Å². The minimum Gasteiger partial charge on any atom is -0.469 e. The summed E-state index contributed by atoms with van der Waals surface area (Å²) in [6.07, 6.45) is 2.49. The lowest BCUT2D eigenvalue weighted by Gasteiger charge is -2.37. The number of nitrogens with one attached hydrogen (secondary N) is 1. The van der Waals surface area contributed by atoms with Gasteiger partial charge in [-0.05, 0) is 26.0 Å². The molecule has 0 unspecified atom stereocenters. The average Bonchev–Trinajstić information content (AvgIpc) is 3.06. The summed E-state index contributed by atoms with van der Waals surface area (Å²) >= 11 is 0. The van der Waals surface area contributed by atoms with Crippen LogP contribution in [0.1, 0.15) is 33.5 Å². The molecule has 2 rings (SSSR count). The van der Waals surface area contributed by atoms with Crippen molar-refractivity contribution in [2.75, 3.05) is 32.7 Å². The smallest absolute Gasteiger partial charge is 0.225 e. The molecule has 1 aliphatic rings. The highest BCUT2D eigenvalue weighted by Gasteiger charge is 2.24. The fourth-order valence-corrected chi connectivity index (χ4v) is 2.73. The predicted octanol–water partition coefficient (Wildman–Crippen LogP) is 2.59. The van der Waals surface area contributed by atoms with Crippen LogP contribution in [0.15, 0.2) is 27.8 Å². The molecular formula is C18H31IN4O2. The van der Waals surface area contributed by atoms with Gasteiger partial charge in [0.25, 0.3) is 0 Å². The number of carbonyl (C=O) groups excluding carboxylic acids is 1. The molecule has 0 aliphatic carbocycles. The summed E-state index contributed by atoms with van der Waals surface area (Å²) in [5, 5.41) is 3.44. The number of hydrogen-bond acceptors (Lipinski definition) is 3. The van der Waals surface area contributed by atoms with Gasteiger partial charge in [-0.3, -0.25) is 9.79 Å². The number of aliphatic imine (C=N–C) groups is 1. The summed E-state index contributed by atoms with van der Waals surface area (Å²) in [6, 6.07) is 4.20. The summed E-state index contributed by atoms with van der Waals surface area (Å²) < 4.78 is 5.36. The van der Waals surface area contributed by atoms with E-state index in [0.717, 1.165) is 44.3 Å². The number of halogens is 1. The van der Waals surface area contributed by atoms with Crippen LogP contribution in [0.2, 0.25) is 0 Å². The number of hydrogen-bond donors (Lipinski definition) is 1. The van der Waals surface area contributed by atoms with E-state index >= 15 is 0 Å². The summed E-state index contributed by atoms with van der Waals surface area (Å²) in [7, 11) is 0. The molecule has 0 radical (unpaired) electrons. The molecule has 0 aromatic carbocycles. The maximum Gasteiger partial charge on any atom is 0.225 e. The van der Waals surface area contributed by atoms with Crippen molar-refractivity contribution in [1.29, 1.82) is 0 Å². The van der Waals surface area contributed by atoms with E-state index in [1.165, 1.54) is 0 Å². The van der Waals surface area contributed by atoms with Crippen LogP contribution in [-0.4, -0.2) is 60.4 Å². The van der Waals surface area contributed by atoms with Crippen molar-refractivity contribution in [2.24, 2.45) is 10.9 Å². The van der Waals surface area contributed by atoms with Crippen molar-refractivity contribution >= 4 is 35.8 Å². The average molecular weight is 462 g/mol. The molecule has 7 heteroatoms. The van der Waals surface area contributed by atoms with Crippen molar-refractivity contribution in [3.8, 4) is 0 Å². The Morgan fingerprint density at radius 2 is 1.84 bits per heavy atom. The number of carbonyl (C=O) groups is 1. The molecule has 25 heavy (non-hydrogen) atoms. The second kappa shape index (κ2) is 10.7. The molecule has 1 aromatic heterocycles. The zero-order chi connectivity index (χ0) is 17.5. The topological polar surface area (TPSA) is 61.1 Å². The lowest BCUT2D eigenvalue weighted by Crippen LogP contribution is -2.55. The zero-order valence-electron chi connectivity index (χ0n) is 15.7. The van der Waals surface area contributed by atoms with E-state index in [2.05, 4.69) is 24.1 Å². The fourth-order valence-electron chi connectivity index (χ4n) is 2.73. The first-order valence-corrected chi connectivity index (χ1v) is 8.84. The number of amides is 1. The van der Waals surface area contributed by atoms with E-state index in [4.69, 9.17) is 9.41 Å². The van der Waals surface area contributed by atoms with E-state index in [1.54, 1.807) is 6.26 Å². The highest BCUT2D eigenvalue weighted by Crippen LogP contribution is 2.08. The first-order chi connectivity index (χ1) is 11.5. The minimum absolute atomic E-state index is 0. The van der Waals surface area contributed by atoms with Crippen molar-refractivity contribution in [3.05, 3.63) is 24.2 Å². The molecule has 142 valence electrons. The second-order valence-electron chi connectivity index (χ2n) is 6.80. The maximum atomic E-state index is 12.1. The number of guanidine groups is 1. The van der Waals surface area contributed by atoms with Crippen molar-refractivity contribution in [1.82, 2.24) is 15.1 Å². The summed E-state index contributed by atoms with van der Waals surface area (Å²) in [5.74, 6) is 2.18. The maximum absolute atomic E-state index is 12.1. The summed E-state index contributed by atoms with van der Waals surface area (Å²) in [5.41, 5.74) is 0. The van der Waals surface area contributed by atoms with Gasteiger partial charge in [-0.15, -0.1) is 24.0 Å². The van der Waals surface area contributed by atoms with E-state index in [-0.39, 0.29) is 35.8 Å². The fraction of sp³-hybridized carbons (Fsp3) is 0.667. The van der Waals surface area contributed by atoms with Gasteiger partial charge < -0.3 is 19.5 Å². The lowest BCUT2D eigenvalue weighted by atomic mass is 10.1.